The highest BCUT2D eigenvalue weighted by Crippen LogP contribution is 2.25. The monoisotopic (exact) mass is 331 g/mol. The lowest BCUT2D eigenvalue weighted by Gasteiger charge is -2.08. The van der Waals surface area contributed by atoms with Gasteiger partial charge in [0.05, 0.1) is 10.6 Å². The smallest absolute Gasteiger partial charge is 0.261 e. The second-order valence-corrected chi connectivity index (χ2v) is 8.26. The van der Waals surface area contributed by atoms with Gasteiger partial charge in [-0.3, -0.25) is 0 Å². The number of ether oxygens (including phenoxy) is 1. The van der Waals surface area contributed by atoms with Crippen LogP contribution in [-0.4, -0.2) is 13.4 Å². The molecule has 0 aliphatic carbocycles. The second kappa shape index (κ2) is 5.71. The number of benzene rings is 1. The van der Waals surface area contributed by atoms with Crippen LogP contribution >= 0.6 is 22.0 Å². The molecule has 1 aromatic heterocycles. The molecule has 7 heteroatoms. The molecule has 1 heterocycles. The second-order valence-electron chi connectivity index (χ2n) is 4.40. The van der Waals surface area contributed by atoms with Crippen LogP contribution in [0.4, 0.5) is 0 Å². The molecule has 0 bridgehead atoms. The third-order valence-electron chi connectivity index (χ3n) is 2.85. The van der Waals surface area contributed by atoms with Crippen LogP contribution in [-0.2, 0) is 15.7 Å². The van der Waals surface area contributed by atoms with Crippen molar-refractivity contribution in [2.24, 2.45) is 0 Å². The first-order chi connectivity index (χ1) is 9.27. The summed E-state index contributed by atoms with van der Waals surface area (Å²) in [6.45, 7) is 6.12. The van der Waals surface area contributed by atoms with Gasteiger partial charge in [-0.2, -0.15) is 0 Å². The Bertz CT molecular complexity index is 719. The summed E-state index contributed by atoms with van der Waals surface area (Å²) in [4.78, 5) is 5.63. The molecule has 0 aliphatic heterocycles. The minimum absolute atomic E-state index is 0.0740. The van der Waals surface area contributed by atoms with Gasteiger partial charge in [0.1, 0.15) is 17.4 Å². The van der Waals surface area contributed by atoms with E-state index >= 15 is 0 Å². The maximum atomic E-state index is 11.2. The van der Waals surface area contributed by atoms with Crippen LogP contribution in [0.5, 0.6) is 5.75 Å². The Morgan fingerprint density at radius 1 is 1.30 bits per heavy atom. The highest BCUT2D eigenvalue weighted by Gasteiger charge is 2.12. The summed E-state index contributed by atoms with van der Waals surface area (Å²) < 4.78 is 28.1. The third-order valence-corrected chi connectivity index (χ3v) is 5.25. The Balaban J connectivity index is 2.14. The standard InChI is InChI=1S/C13H14ClNO3S2/c1-8-6-11(20(14,16)17)4-5-12(8)18-7-13-15-9(2)10(3)19-13/h4-6H,7H2,1-3H3. The summed E-state index contributed by atoms with van der Waals surface area (Å²) in [6.07, 6.45) is 0. The maximum Gasteiger partial charge on any atom is 0.261 e. The van der Waals surface area contributed by atoms with E-state index in [2.05, 4.69) is 4.98 Å². The molecule has 0 saturated heterocycles. The van der Waals surface area contributed by atoms with Crippen LogP contribution in [0.2, 0.25) is 0 Å². The van der Waals surface area contributed by atoms with Gasteiger partial charge in [-0.25, -0.2) is 13.4 Å². The summed E-state index contributed by atoms with van der Waals surface area (Å²) in [7, 11) is 1.59. The molecule has 0 atom stereocenters. The molecule has 2 aromatic rings. The lowest BCUT2D eigenvalue weighted by atomic mass is 10.2. The summed E-state index contributed by atoms with van der Waals surface area (Å²) >= 11 is 1.59. The van der Waals surface area contributed by atoms with Crippen molar-refractivity contribution in [3.8, 4) is 5.75 Å². The van der Waals surface area contributed by atoms with E-state index in [-0.39, 0.29) is 4.90 Å². The molecule has 0 N–H and O–H groups in total. The van der Waals surface area contributed by atoms with Gasteiger partial charge >= 0.3 is 0 Å². The van der Waals surface area contributed by atoms with E-state index in [0.29, 0.717) is 12.4 Å². The zero-order chi connectivity index (χ0) is 14.9. The van der Waals surface area contributed by atoms with Crippen molar-refractivity contribution in [1.29, 1.82) is 0 Å². The van der Waals surface area contributed by atoms with Crippen LogP contribution in [0, 0.1) is 20.8 Å². The number of halogens is 1. The molecule has 0 amide bonds. The van der Waals surface area contributed by atoms with E-state index in [1.807, 2.05) is 13.8 Å². The van der Waals surface area contributed by atoms with E-state index in [1.54, 1.807) is 24.3 Å². The molecule has 0 radical (unpaired) electrons. The van der Waals surface area contributed by atoms with Crippen molar-refractivity contribution in [1.82, 2.24) is 4.98 Å². The van der Waals surface area contributed by atoms with Crippen LogP contribution in [0.25, 0.3) is 0 Å². The summed E-state index contributed by atoms with van der Waals surface area (Å²) in [5, 5.41) is 0.897. The number of hydrogen-bond acceptors (Lipinski definition) is 5. The fourth-order valence-corrected chi connectivity index (χ4v) is 3.36. The Kier molecular flexibility index (Phi) is 4.36. The van der Waals surface area contributed by atoms with Gasteiger partial charge in [0.15, 0.2) is 0 Å². The average molecular weight is 332 g/mol. The number of thiazole rings is 1. The molecule has 20 heavy (non-hydrogen) atoms. The topological polar surface area (TPSA) is 56.3 Å². The molecule has 1 aromatic carbocycles. The normalized spacial score (nSPS) is 11.6. The Morgan fingerprint density at radius 2 is 2.00 bits per heavy atom. The Labute approximate surface area is 126 Å². The van der Waals surface area contributed by atoms with Crippen molar-refractivity contribution in [2.75, 3.05) is 0 Å². The zero-order valence-electron chi connectivity index (χ0n) is 11.3. The van der Waals surface area contributed by atoms with Gasteiger partial charge in [0.2, 0.25) is 0 Å². The number of aryl methyl sites for hydroxylation is 3. The summed E-state index contributed by atoms with van der Waals surface area (Å²) in [6, 6.07) is 4.54. The lowest BCUT2D eigenvalue weighted by Crippen LogP contribution is -1.98. The molecule has 108 valence electrons. The van der Waals surface area contributed by atoms with Crippen molar-refractivity contribution in [2.45, 2.75) is 32.3 Å². The maximum absolute atomic E-state index is 11.2. The molecule has 0 aliphatic rings. The van der Waals surface area contributed by atoms with E-state index < -0.39 is 9.05 Å². The van der Waals surface area contributed by atoms with E-state index in [9.17, 15) is 8.42 Å². The Hall–Kier alpha value is -1.11. The molecular weight excluding hydrogens is 318 g/mol. The number of rotatable bonds is 4. The molecule has 2 rings (SSSR count). The molecule has 0 saturated carbocycles. The summed E-state index contributed by atoms with van der Waals surface area (Å²) in [5.74, 6) is 0.625. The quantitative estimate of drug-likeness (QED) is 0.804. The van der Waals surface area contributed by atoms with Gasteiger partial charge in [-0.05, 0) is 44.5 Å². The van der Waals surface area contributed by atoms with Crippen molar-refractivity contribution in [3.63, 3.8) is 0 Å². The highest BCUT2D eigenvalue weighted by molar-refractivity contribution is 8.13. The largest absolute Gasteiger partial charge is 0.486 e. The molecule has 0 unspecified atom stereocenters. The number of aromatic nitrogens is 1. The first-order valence-electron chi connectivity index (χ1n) is 5.88. The van der Waals surface area contributed by atoms with E-state index in [1.165, 1.54) is 17.0 Å². The van der Waals surface area contributed by atoms with Gasteiger partial charge in [0, 0.05) is 15.6 Å². The summed E-state index contributed by atoms with van der Waals surface area (Å²) in [5.41, 5.74) is 1.73. The van der Waals surface area contributed by atoms with E-state index in [0.717, 1.165) is 16.3 Å². The minimum Gasteiger partial charge on any atom is -0.486 e. The lowest BCUT2D eigenvalue weighted by molar-refractivity contribution is 0.303. The van der Waals surface area contributed by atoms with Crippen molar-refractivity contribution < 1.29 is 13.2 Å². The SMILES string of the molecule is Cc1cc(S(=O)(=O)Cl)ccc1OCc1nc(C)c(C)s1. The van der Waals surface area contributed by atoms with Crippen molar-refractivity contribution in [3.05, 3.63) is 39.3 Å². The van der Waals surface area contributed by atoms with Gasteiger partial charge in [-0.1, -0.05) is 0 Å². The fraction of sp³-hybridized carbons (Fsp3) is 0.308. The van der Waals surface area contributed by atoms with Crippen LogP contribution in [0.15, 0.2) is 23.1 Å². The number of hydrogen-bond donors (Lipinski definition) is 0. The fourth-order valence-electron chi connectivity index (χ4n) is 1.68. The molecule has 0 fully saturated rings. The average Bonchev–Trinajstić information content (AvgIpc) is 2.66. The molecule has 0 spiro atoms. The van der Waals surface area contributed by atoms with Crippen LogP contribution < -0.4 is 4.74 Å². The van der Waals surface area contributed by atoms with Crippen LogP contribution in [0.1, 0.15) is 21.1 Å². The van der Waals surface area contributed by atoms with Crippen LogP contribution in [0.3, 0.4) is 0 Å². The predicted molar refractivity (Wildman–Crippen MR) is 80.1 cm³/mol. The third kappa shape index (κ3) is 3.50. The van der Waals surface area contributed by atoms with Gasteiger partial charge < -0.3 is 4.74 Å². The number of nitrogens with zero attached hydrogens (tertiary/aromatic N) is 1. The van der Waals surface area contributed by atoms with Gasteiger partial charge in [-0.15, -0.1) is 11.3 Å². The Morgan fingerprint density at radius 3 is 2.50 bits per heavy atom. The molecule has 4 nitrogen and oxygen atoms in total. The van der Waals surface area contributed by atoms with Gasteiger partial charge in [0.25, 0.3) is 9.05 Å². The van der Waals surface area contributed by atoms with E-state index in [4.69, 9.17) is 15.4 Å². The first-order valence-corrected chi connectivity index (χ1v) is 9.01. The van der Waals surface area contributed by atoms with Crippen molar-refractivity contribution >= 4 is 31.1 Å². The minimum atomic E-state index is -3.71. The first kappa shape index (κ1) is 15.3. The zero-order valence-corrected chi connectivity index (χ0v) is 13.7. The predicted octanol–water partition coefficient (Wildman–Crippen LogP) is 3.57. The highest BCUT2D eigenvalue weighted by atomic mass is 35.7. The molecular formula is C13H14ClNO3S2.